The molecule has 1 fully saturated rings. The normalized spacial score (nSPS) is 21.5. The van der Waals surface area contributed by atoms with Gasteiger partial charge in [0.1, 0.15) is 13.3 Å². The minimum atomic E-state index is -0.489. The van der Waals surface area contributed by atoms with E-state index in [2.05, 4.69) is 27.6 Å². The Balaban J connectivity index is 1.53. The summed E-state index contributed by atoms with van der Waals surface area (Å²) in [6, 6.07) is 16.0. The van der Waals surface area contributed by atoms with Crippen LogP contribution in [0.5, 0.6) is 0 Å². The minimum absolute atomic E-state index is 0.0328. The van der Waals surface area contributed by atoms with Gasteiger partial charge >= 0.3 is 5.69 Å². The van der Waals surface area contributed by atoms with E-state index in [1.165, 1.54) is 0 Å². The van der Waals surface area contributed by atoms with Crippen LogP contribution in [0.1, 0.15) is 60.0 Å². The van der Waals surface area contributed by atoms with Crippen LogP contribution in [0, 0.1) is 6.92 Å². The number of benzene rings is 2. The van der Waals surface area contributed by atoms with E-state index in [-0.39, 0.29) is 24.4 Å². The molecule has 3 atom stereocenters. The lowest BCUT2D eigenvalue weighted by molar-refractivity contribution is 0.000882. The summed E-state index contributed by atoms with van der Waals surface area (Å²) in [5.41, 5.74) is 3.19. The second-order valence-electron chi connectivity index (χ2n) is 9.11. The molecule has 7 nitrogen and oxygen atoms in total. The number of nitrogens with one attached hydrogen (secondary N) is 2. The summed E-state index contributed by atoms with van der Waals surface area (Å²) in [4.78, 5) is 12.4. The maximum absolute atomic E-state index is 13.3. The maximum Gasteiger partial charge on any atom is 0.343 e. The number of halogens is 1. The average molecular weight is 469 g/mol. The van der Waals surface area contributed by atoms with Crippen molar-refractivity contribution in [2.45, 2.75) is 57.7 Å². The maximum atomic E-state index is 13.3. The molecule has 2 aromatic carbocycles. The molecule has 1 saturated heterocycles. The highest BCUT2D eigenvalue weighted by molar-refractivity contribution is 5.31. The van der Waals surface area contributed by atoms with E-state index in [1.54, 1.807) is 11.7 Å². The molecule has 4 rings (SSSR count). The van der Waals surface area contributed by atoms with Crippen molar-refractivity contribution in [3.63, 3.8) is 0 Å². The lowest BCUT2D eigenvalue weighted by atomic mass is 9.81. The van der Waals surface area contributed by atoms with Gasteiger partial charge in [0.15, 0.2) is 5.82 Å². The molecule has 0 saturated carbocycles. The van der Waals surface area contributed by atoms with Crippen LogP contribution in [0.4, 0.5) is 4.39 Å². The molecule has 0 spiro atoms. The number of rotatable bonds is 9. The Kier molecular flexibility index (Phi) is 7.60. The molecule has 1 aliphatic heterocycles. The van der Waals surface area contributed by atoms with Gasteiger partial charge in [0.2, 0.25) is 0 Å². The lowest BCUT2D eigenvalue weighted by Gasteiger charge is -2.42. The zero-order valence-corrected chi connectivity index (χ0v) is 20.0. The van der Waals surface area contributed by atoms with Crippen LogP contribution in [0.15, 0.2) is 53.3 Å². The van der Waals surface area contributed by atoms with Crippen LogP contribution in [0.3, 0.4) is 0 Å². The predicted octanol–water partition coefficient (Wildman–Crippen LogP) is 4.09. The van der Waals surface area contributed by atoms with Crippen molar-refractivity contribution >= 4 is 0 Å². The van der Waals surface area contributed by atoms with E-state index >= 15 is 0 Å². The second-order valence-corrected chi connectivity index (χ2v) is 9.11. The van der Waals surface area contributed by atoms with Gasteiger partial charge in [-0.2, -0.15) is 5.10 Å². The Morgan fingerprint density at radius 2 is 2.06 bits per heavy atom. The quantitative estimate of drug-likeness (QED) is 0.494. The number of aryl methyl sites for hydroxylation is 1. The molecule has 8 heteroatoms. The first kappa shape index (κ1) is 24.3. The van der Waals surface area contributed by atoms with E-state index in [9.17, 15) is 9.18 Å². The highest BCUT2D eigenvalue weighted by atomic mass is 19.1. The fourth-order valence-corrected chi connectivity index (χ4v) is 4.86. The van der Waals surface area contributed by atoms with Crippen LogP contribution in [0.2, 0.25) is 0 Å². The molecule has 0 bridgehead atoms. The van der Waals surface area contributed by atoms with E-state index < -0.39 is 12.2 Å². The summed E-state index contributed by atoms with van der Waals surface area (Å²) in [7, 11) is 1.59. The van der Waals surface area contributed by atoms with E-state index in [1.807, 2.05) is 50.2 Å². The topological polar surface area (TPSA) is 81.2 Å². The molecule has 0 unspecified atom stereocenters. The van der Waals surface area contributed by atoms with Gasteiger partial charge < -0.3 is 14.8 Å². The predicted molar refractivity (Wildman–Crippen MR) is 128 cm³/mol. The summed E-state index contributed by atoms with van der Waals surface area (Å²) in [6.45, 7) is 4.81. The van der Waals surface area contributed by atoms with Crippen LogP contribution < -0.4 is 11.0 Å². The summed E-state index contributed by atoms with van der Waals surface area (Å²) in [5.74, 6) is 0.597. The van der Waals surface area contributed by atoms with Gasteiger partial charge in [-0.1, -0.05) is 54.1 Å². The molecule has 34 heavy (non-hydrogen) atoms. The lowest BCUT2D eigenvalue weighted by Crippen LogP contribution is -2.53. The first-order valence-corrected chi connectivity index (χ1v) is 11.7. The number of hydrogen-bond acceptors (Lipinski definition) is 5. The standard InChI is InChI=1S/C26H33FN4O3/c1-18-11-20(14-27)13-21(12-18)19(2)34-17-26(22-7-5-4-6-8-22)10-9-23(15-28-26)31-24(16-33-3)29-30-25(31)32/h4-8,11-13,19,23,28H,9-10,14-17H2,1-3H3,(H,30,32)/t19-,23+,26-/m1/s1. The Hall–Kier alpha value is -2.81. The molecule has 182 valence electrons. The Morgan fingerprint density at radius 3 is 2.74 bits per heavy atom. The number of piperidine rings is 1. The van der Waals surface area contributed by atoms with Crippen molar-refractivity contribution in [3.05, 3.63) is 87.1 Å². The molecular weight excluding hydrogens is 435 g/mol. The molecule has 2 heterocycles. The smallest absolute Gasteiger partial charge is 0.343 e. The zero-order valence-electron chi connectivity index (χ0n) is 20.0. The molecule has 0 radical (unpaired) electrons. The van der Waals surface area contributed by atoms with Crippen molar-refractivity contribution in [1.82, 2.24) is 20.1 Å². The summed E-state index contributed by atoms with van der Waals surface area (Å²) in [5, 5.41) is 10.4. The van der Waals surface area contributed by atoms with Crippen molar-refractivity contribution in [3.8, 4) is 0 Å². The molecule has 3 aromatic rings. The second kappa shape index (κ2) is 10.6. The van der Waals surface area contributed by atoms with Gasteiger partial charge in [-0.05, 0) is 43.4 Å². The van der Waals surface area contributed by atoms with Gasteiger partial charge in [0.25, 0.3) is 0 Å². The molecule has 0 aliphatic carbocycles. The number of ether oxygens (including phenoxy) is 2. The van der Waals surface area contributed by atoms with E-state index in [0.29, 0.717) is 24.5 Å². The van der Waals surface area contributed by atoms with Crippen molar-refractivity contribution < 1.29 is 13.9 Å². The summed E-state index contributed by atoms with van der Waals surface area (Å²) >= 11 is 0. The van der Waals surface area contributed by atoms with Crippen molar-refractivity contribution in [2.24, 2.45) is 0 Å². The molecule has 0 amide bonds. The Labute approximate surface area is 199 Å². The van der Waals surface area contributed by atoms with Crippen molar-refractivity contribution in [2.75, 3.05) is 20.3 Å². The number of nitrogens with zero attached hydrogens (tertiary/aromatic N) is 2. The fourth-order valence-electron chi connectivity index (χ4n) is 4.86. The van der Waals surface area contributed by atoms with Crippen LogP contribution in [-0.4, -0.2) is 35.0 Å². The minimum Gasteiger partial charge on any atom is -0.377 e. The van der Waals surface area contributed by atoms with Gasteiger partial charge in [-0.25, -0.2) is 14.3 Å². The van der Waals surface area contributed by atoms with Gasteiger partial charge in [-0.15, -0.1) is 0 Å². The fraction of sp³-hybridized carbons (Fsp3) is 0.462. The summed E-state index contributed by atoms with van der Waals surface area (Å²) in [6.07, 6.45) is 1.38. The third kappa shape index (κ3) is 5.14. The van der Waals surface area contributed by atoms with Gasteiger partial charge in [-0.3, -0.25) is 4.57 Å². The summed E-state index contributed by atoms with van der Waals surface area (Å²) < 4.78 is 26.6. The molecule has 2 N–H and O–H groups in total. The highest BCUT2D eigenvalue weighted by Gasteiger charge is 2.38. The number of H-pyrrole nitrogens is 1. The monoisotopic (exact) mass is 468 g/mol. The van der Waals surface area contributed by atoms with Crippen LogP contribution in [0.25, 0.3) is 0 Å². The first-order valence-electron chi connectivity index (χ1n) is 11.7. The third-order valence-corrected chi connectivity index (χ3v) is 6.69. The van der Waals surface area contributed by atoms with E-state index in [0.717, 1.165) is 29.5 Å². The van der Waals surface area contributed by atoms with E-state index in [4.69, 9.17) is 9.47 Å². The largest absolute Gasteiger partial charge is 0.377 e. The first-order chi connectivity index (χ1) is 16.5. The molecule has 1 aliphatic rings. The molecular formula is C26H33FN4O3. The zero-order chi connectivity index (χ0) is 24.1. The highest BCUT2D eigenvalue weighted by Crippen LogP contribution is 2.36. The van der Waals surface area contributed by atoms with Gasteiger partial charge in [0.05, 0.1) is 24.3 Å². The number of methoxy groups -OCH3 is 1. The Morgan fingerprint density at radius 1 is 1.26 bits per heavy atom. The number of alkyl halides is 1. The molecule has 1 aromatic heterocycles. The average Bonchev–Trinajstić information content (AvgIpc) is 3.23. The van der Waals surface area contributed by atoms with Gasteiger partial charge in [0, 0.05) is 13.7 Å². The third-order valence-electron chi connectivity index (χ3n) is 6.69. The number of hydrogen-bond donors (Lipinski definition) is 2. The van der Waals surface area contributed by atoms with Crippen LogP contribution in [-0.2, 0) is 28.3 Å². The van der Waals surface area contributed by atoms with Crippen molar-refractivity contribution in [1.29, 1.82) is 0 Å². The van der Waals surface area contributed by atoms with Crippen LogP contribution >= 0.6 is 0 Å². The Bertz CT molecular complexity index is 1140. The number of aromatic amines is 1. The number of aromatic nitrogens is 3. The SMILES string of the molecule is COCc1n[nH]c(=O)n1[C@H]1CC[C@@](CO[C@H](C)c2cc(C)cc(CF)c2)(c2ccccc2)NC1.